The van der Waals surface area contributed by atoms with Gasteiger partial charge in [0.1, 0.15) is 6.04 Å². The summed E-state index contributed by atoms with van der Waals surface area (Å²) in [7, 11) is 0. The highest BCUT2D eigenvalue weighted by atomic mass is 35.5. The number of benzene rings is 1. The van der Waals surface area contributed by atoms with Crippen LogP contribution in [0.2, 0.25) is 10.0 Å². The Labute approximate surface area is 120 Å². The second-order valence-corrected chi connectivity index (χ2v) is 4.76. The van der Waals surface area contributed by atoms with E-state index in [2.05, 4.69) is 23.3 Å². The standard InChI is InChI=1S/C11H12Cl2N2O2S/c1-6(16)14-10(5-18)11(17)15-9-3-2-7(12)4-8(9)13/h2-4,10,18H,5H2,1H3,(H,14,16)(H,15,17). The number of nitrogens with one attached hydrogen (secondary N) is 2. The van der Waals surface area contributed by atoms with Gasteiger partial charge in [-0.15, -0.1) is 0 Å². The number of carbonyl (C=O) groups is 2. The second kappa shape index (κ2) is 6.87. The van der Waals surface area contributed by atoms with Crippen molar-refractivity contribution in [1.82, 2.24) is 5.32 Å². The average molecular weight is 307 g/mol. The summed E-state index contributed by atoms with van der Waals surface area (Å²) >= 11 is 15.7. The Balaban J connectivity index is 2.76. The van der Waals surface area contributed by atoms with E-state index in [1.54, 1.807) is 12.1 Å². The zero-order valence-corrected chi connectivity index (χ0v) is 11.9. The molecule has 0 aliphatic carbocycles. The van der Waals surface area contributed by atoms with Gasteiger partial charge in [-0.05, 0) is 18.2 Å². The number of rotatable bonds is 4. The summed E-state index contributed by atoms with van der Waals surface area (Å²) in [4.78, 5) is 22.8. The summed E-state index contributed by atoms with van der Waals surface area (Å²) in [6.45, 7) is 1.33. The van der Waals surface area contributed by atoms with E-state index in [0.29, 0.717) is 15.7 Å². The molecule has 7 heteroatoms. The first-order valence-electron chi connectivity index (χ1n) is 5.08. The third kappa shape index (κ3) is 4.40. The predicted molar refractivity (Wildman–Crippen MR) is 76.5 cm³/mol. The van der Waals surface area contributed by atoms with Crippen molar-refractivity contribution in [2.75, 3.05) is 11.1 Å². The minimum atomic E-state index is -0.711. The third-order valence-corrected chi connectivity index (χ3v) is 2.98. The van der Waals surface area contributed by atoms with Gasteiger partial charge < -0.3 is 10.6 Å². The minimum absolute atomic E-state index is 0.191. The van der Waals surface area contributed by atoms with E-state index < -0.39 is 6.04 Å². The van der Waals surface area contributed by atoms with Crippen LogP contribution >= 0.6 is 35.8 Å². The van der Waals surface area contributed by atoms with Crippen LogP contribution in [0.25, 0.3) is 0 Å². The highest BCUT2D eigenvalue weighted by Crippen LogP contribution is 2.25. The van der Waals surface area contributed by atoms with Crippen molar-refractivity contribution in [2.45, 2.75) is 13.0 Å². The molecule has 0 aromatic heterocycles. The smallest absolute Gasteiger partial charge is 0.247 e. The molecule has 4 nitrogen and oxygen atoms in total. The fourth-order valence-corrected chi connectivity index (χ4v) is 1.96. The lowest BCUT2D eigenvalue weighted by Crippen LogP contribution is -2.44. The second-order valence-electron chi connectivity index (χ2n) is 3.55. The lowest BCUT2D eigenvalue weighted by atomic mass is 10.2. The predicted octanol–water partition coefficient (Wildman–Crippen LogP) is 2.37. The van der Waals surface area contributed by atoms with Gasteiger partial charge in [0.15, 0.2) is 0 Å². The molecule has 1 atom stereocenters. The topological polar surface area (TPSA) is 58.2 Å². The Bertz CT molecular complexity index is 468. The van der Waals surface area contributed by atoms with Crippen LogP contribution in [0.4, 0.5) is 5.69 Å². The highest BCUT2D eigenvalue weighted by Gasteiger charge is 2.18. The van der Waals surface area contributed by atoms with E-state index in [4.69, 9.17) is 23.2 Å². The monoisotopic (exact) mass is 306 g/mol. The first-order chi connectivity index (χ1) is 8.43. The molecule has 98 valence electrons. The van der Waals surface area contributed by atoms with Gasteiger partial charge >= 0.3 is 0 Å². The fraction of sp³-hybridized carbons (Fsp3) is 0.273. The number of hydrogen-bond donors (Lipinski definition) is 3. The van der Waals surface area contributed by atoms with Gasteiger partial charge in [0, 0.05) is 17.7 Å². The van der Waals surface area contributed by atoms with Crippen molar-refractivity contribution in [3.63, 3.8) is 0 Å². The summed E-state index contributed by atoms with van der Waals surface area (Å²) in [5.74, 6) is -0.493. The van der Waals surface area contributed by atoms with Gasteiger partial charge in [0.25, 0.3) is 0 Å². The summed E-state index contributed by atoms with van der Waals surface area (Å²) in [6.07, 6.45) is 0. The number of anilines is 1. The van der Waals surface area contributed by atoms with Crippen LogP contribution < -0.4 is 10.6 Å². The van der Waals surface area contributed by atoms with E-state index >= 15 is 0 Å². The summed E-state index contributed by atoms with van der Waals surface area (Å²) in [5, 5.41) is 5.89. The molecule has 18 heavy (non-hydrogen) atoms. The molecule has 0 fully saturated rings. The largest absolute Gasteiger partial charge is 0.344 e. The molecule has 0 bridgehead atoms. The van der Waals surface area contributed by atoms with Crippen molar-refractivity contribution < 1.29 is 9.59 Å². The number of hydrogen-bond acceptors (Lipinski definition) is 3. The maximum Gasteiger partial charge on any atom is 0.247 e. The van der Waals surface area contributed by atoms with E-state index in [9.17, 15) is 9.59 Å². The number of carbonyl (C=O) groups excluding carboxylic acids is 2. The Morgan fingerprint density at radius 2 is 2.06 bits per heavy atom. The van der Waals surface area contributed by atoms with Crippen LogP contribution in [-0.4, -0.2) is 23.6 Å². The van der Waals surface area contributed by atoms with Crippen LogP contribution in [0.5, 0.6) is 0 Å². The number of halogens is 2. The third-order valence-electron chi connectivity index (χ3n) is 2.07. The van der Waals surface area contributed by atoms with Gasteiger partial charge in [-0.2, -0.15) is 12.6 Å². The maximum atomic E-state index is 11.8. The van der Waals surface area contributed by atoms with Crippen molar-refractivity contribution >= 4 is 53.3 Å². The maximum absolute atomic E-state index is 11.8. The Kier molecular flexibility index (Phi) is 5.78. The molecule has 1 aromatic carbocycles. The number of amides is 2. The van der Waals surface area contributed by atoms with E-state index in [1.807, 2.05) is 0 Å². The van der Waals surface area contributed by atoms with Crippen LogP contribution in [0.1, 0.15) is 6.92 Å². The molecule has 0 aliphatic rings. The molecule has 0 saturated heterocycles. The Hall–Kier alpha value is -0.910. The Morgan fingerprint density at radius 1 is 1.39 bits per heavy atom. The first kappa shape index (κ1) is 15.1. The average Bonchev–Trinajstić information content (AvgIpc) is 2.29. The van der Waals surface area contributed by atoms with Gasteiger partial charge in [-0.3, -0.25) is 9.59 Å². The molecule has 1 rings (SSSR count). The quantitative estimate of drug-likeness (QED) is 0.748. The normalized spacial score (nSPS) is 11.8. The number of thiol groups is 1. The van der Waals surface area contributed by atoms with Crippen molar-refractivity contribution in [1.29, 1.82) is 0 Å². The molecule has 0 spiro atoms. The summed E-state index contributed by atoms with van der Waals surface area (Å²) in [5.41, 5.74) is 0.434. The zero-order chi connectivity index (χ0) is 13.7. The van der Waals surface area contributed by atoms with Crippen molar-refractivity contribution in [3.8, 4) is 0 Å². The van der Waals surface area contributed by atoms with Crippen LogP contribution in [0, 0.1) is 0 Å². The fourth-order valence-electron chi connectivity index (χ4n) is 1.25. The van der Waals surface area contributed by atoms with Crippen molar-refractivity contribution in [2.24, 2.45) is 0 Å². The molecule has 0 heterocycles. The lowest BCUT2D eigenvalue weighted by molar-refractivity contribution is -0.124. The van der Waals surface area contributed by atoms with Gasteiger partial charge in [-0.25, -0.2) is 0 Å². The summed E-state index contributed by atoms with van der Waals surface area (Å²) < 4.78 is 0. The zero-order valence-electron chi connectivity index (χ0n) is 9.54. The van der Waals surface area contributed by atoms with E-state index in [1.165, 1.54) is 13.0 Å². The summed E-state index contributed by atoms with van der Waals surface area (Å²) in [6, 6.07) is 4.01. The van der Waals surface area contributed by atoms with Crippen molar-refractivity contribution in [3.05, 3.63) is 28.2 Å². The van der Waals surface area contributed by atoms with Crippen LogP contribution in [0.15, 0.2) is 18.2 Å². The molecular weight excluding hydrogens is 295 g/mol. The molecular formula is C11H12Cl2N2O2S. The first-order valence-corrected chi connectivity index (χ1v) is 6.46. The molecule has 1 aromatic rings. The van der Waals surface area contributed by atoms with E-state index in [-0.39, 0.29) is 17.6 Å². The highest BCUT2D eigenvalue weighted by molar-refractivity contribution is 7.80. The molecule has 0 aliphatic heterocycles. The molecule has 2 amide bonds. The Morgan fingerprint density at radius 3 is 2.56 bits per heavy atom. The lowest BCUT2D eigenvalue weighted by Gasteiger charge is -2.16. The molecule has 0 saturated carbocycles. The molecule has 2 N–H and O–H groups in total. The molecule has 0 radical (unpaired) electrons. The van der Waals surface area contributed by atoms with Gasteiger partial charge in [0.05, 0.1) is 10.7 Å². The van der Waals surface area contributed by atoms with Gasteiger partial charge in [-0.1, -0.05) is 23.2 Å². The van der Waals surface area contributed by atoms with Crippen LogP contribution in [-0.2, 0) is 9.59 Å². The van der Waals surface area contributed by atoms with E-state index in [0.717, 1.165) is 0 Å². The minimum Gasteiger partial charge on any atom is -0.344 e. The SMILES string of the molecule is CC(=O)NC(CS)C(=O)Nc1ccc(Cl)cc1Cl. The van der Waals surface area contributed by atoms with Gasteiger partial charge in [0.2, 0.25) is 11.8 Å². The molecule has 1 unspecified atom stereocenters. The van der Waals surface area contributed by atoms with Crippen LogP contribution in [0.3, 0.4) is 0 Å².